The van der Waals surface area contributed by atoms with Crippen LogP contribution in [0, 0.1) is 25.2 Å². The maximum atomic E-state index is 10.7. The zero-order valence-corrected chi connectivity index (χ0v) is 7.33. The molecule has 0 aliphatic carbocycles. The Bertz CT molecular complexity index is 405. The Morgan fingerprint density at radius 1 is 1.62 bits per heavy atom. The number of carbonyl (C=O) groups is 1. The molecule has 1 heterocycles. The van der Waals surface area contributed by atoms with E-state index in [1.165, 1.54) is 0 Å². The van der Waals surface area contributed by atoms with Gasteiger partial charge in [0.15, 0.2) is 5.69 Å². The Balaban J connectivity index is 3.50. The van der Waals surface area contributed by atoms with Gasteiger partial charge in [-0.1, -0.05) is 0 Å². The van der Waals surface area contributed by atoms with Gasteiger partial charge in [0.1, 0.15) is 6.07 Å². The second kappa shape index (κ2) is 3.23. The Morgan fingerprint density at radius 3 is 2.69 bits per heavy atom. The topological polar surface area (TPSA) is 74.0 Å². The van der Waals surface area contributed by atoms with E-state index in [4.69, 9.17) is 10.4 Å². The van der Waals surface area contributed by atoms with Crippen molar-refractivity contribution in [1.29, 1.82) is 5.26 Å². The lowest BCUT2D eigenvalue weighted by molar-refractivity contribution is 0.0689. The first-order chi connectivity index (χ1) is 6.06. The van der Waals surface area contributed by atoms with Crippen molar-refractivity contribution in [2.24, 2.45) is 0 Å². The number of aryl methyl sites for hydroxylation is 2. The van der Waals surface area contributed by atoms with Gasteiger partial charge in [-0.2, -0.15) is 5.26 Å². The number of pyridine rings is 1. The van der Waals surface area contributed by atoms with Gasteiger partial charge in [0, 0.05) is 5.69 Å². The molecule has 13 heavy (non-hydrogen) atoms. The van der Waals surface area contributed by atoms with E-state index in [9.17, 15) is 4.79 Å². The van der Waals surface area contributed by atoms with Crippen LogP contribution < -0.4 is 0 Å². The molecule has 0 spiro atoms. The Hall–Kier alpha value is -1.89. The number of carboxylic acids is 1. The van der Waals surface area contributed by atoms with Crippen molar-refractivity contribution >= 4 is 5.97 Å². The molecule has 1 N–H and O–H groups in total. The highest BCUT2D eigenvalue weighted by atomic mass is 16.4. The van der Waals surface area contributed by atoms with Crippen molar-refractivity contribution in [1.82, 2.24) is 4.98 Å². The van der Waals surface area contributed by atoms with Crippen molar-refractivity contribution in [3.63, 3.8) is 0 Å². The number of aromatic carboxylic acids is 1. The van der Waals surface area contributed by atoms with E-state index in [1.54, 1.807) is 19.9 Å². The SMILES string of the molecule is Cc1cc(C)c(C#N)c(C(=O)O)n1. The molecule has 0 saturated heterocycles. The van der Waals surface area contributed by atoms with E-state index in [1.807, 2.05) is 6.07 Å². The molecule has 0 atom stereocenters. The average Bonchev–Trinajstić information content (AvgIpc) is 2.02. The zero-order chi connectivity index (χ0) is 10.0. The van der Waals surface area contributed by atoms with Gasteiger partial charge < -0.3 is 5.11 Å². The highest BCUT2D eigenvalue weighted by Gasteiger charge is 2.14. The fraction of sp³-hybridized carbons (Fsp3) is 0.222. The molecule has 1 aromatic rings. The molecule has 0 amide bonds. The number of nitrogens with zero attached hydrogens (tertiary/aromatic N) is 2. The van der Waals surface area contributed by atoms with E-state index in [0.717, 1.165) is 0 Å². The van der Waals surface area contributed by atoms with E-state index in [2.05, 4.69) is 4.98 Å². The molecule has 0 saturated carbocycles. The van der Waals surface area contributed by atoms with Crippen LogP contribution in [-0.4, -0.2) is 16.1 Å². The maximum absolute atomic E-state index is 10.7. The van der Waals surface area contributed by atoms with Crippen LogP contribution in [0.15, 0.2) is 6.07 Å². The van der Waals surface area contributed by atoms with Gasteiger partial charge in [-0.25, -0.2) is 9.78 Å². The smallest absolute Gasteiger partial charge is 0.355 e. The first kappa shape index (κ1) is 9.20. The molecule has 0 fully saturated rings. The van der Waals surface area contributed by atoms with Gasteiger partial charge in [0.05, 0.1) is 5.56 Å². The molecule has 0 unspecified atom stereocenters. The number of rotatable bonds is 1. The first-order valence-electron chi connectivity index (χ1n) is 3.68. The summed E-state index contributed by atoms with van der Waals surface area (Å²) < 4.78 is 0. The maximum Gasteiger partial charge on any atom is 0.355 e. The summed E-state index contributed by atoms with van der Waals surface area (Å²) in [6.45, 7) is 3.39. The number of aromatic nitrogens is 1. The third-order valence-corrected chi connectivity index (χ3v) is 1.66. The van der Waals surface area contributed by atoms with Crippen molar-refractivity contribution in [3.8, 4) is 6.07 Å². The van der Waals surface area contributed by atoms with Crippen molar-refractivity contribution < 1.29 is 9.90 Å². The second-order valence-electron chi connectivity index (χ2n) is 2.72. The standard InChI is InChI=1S/C9H8N2O2/c1-5-3-6(2)11-8(9(12)13)7(5)4-10/h3H,1-2H3,(H,12,13). The molecular formula is C9H8N2O2. The molecular weight excluding hydrogens is 168 g/mol. The summed E-state index contributed by atoms with van der Waals surface area (Å²) in [5.41, 5.74) is 1.22. The molecule has 0 aliphatic rings. The van der Waals surface area contributed by atoms with Crippen LogP contribution in [0.5, 0.6) is 0 Å². The Kier molecular flexibility index (Phi) is 2.29. The van der Waals surface area contributed by atoms with Crippen LogP contribution in [0.2, 0.25) is 0 Å². The van der Waals surface area contributed by atoms with Gasteiger partial charge >= 0.3 is 5.97 Å². The summed E-state index contributed by atoms with van der Waals surface area (Å²) in [5, 5.41) is 17.4. The van der Waals surface area contributed by atoms with Crippen LogP contribution in [0.3, 0.4) is 0 Å². The first-order valence-corrected chi connectivity index (χ1v) is 3.68. The second-order valence-corrected chi connectivity index (χ2v) is 2.72. The number of hydrogen-bond acceptors (Lipinski definition) is 3. The molecule has 0 aromatic carbocycles. The van der Waals surface area contributed by atoms with Gasteiger partial charge in [0.2, 0.25) is 0 Å². The minimum Gasteiger partial charge on any atom is -0.476 e. The summed E-state index contributed by atoms with van der Waals surface area (Å²) in [5.74, 6) is -1.16. The van der Waals surface area contributed by atoms with Crippen molar-refractivity contribution in [3.05, 3.63) is 28.6 Å². The van der Waals surface area contributed by atoms with Crippen LogP contribution >= 0.6 is 0 Å². The predicted molar refractivity (Wildman–Crippen MR) is 45.4 cm³/mol. The Morgan fingerprint density at radius 2 is 2.23 bits per heavy atom. The average molecular weight is 176 g/mol. The van der Waals surface area contributed by atoms with Gasteiger partial charge in [0.25, 0.3) is 0 Å². The third-order valence-electron chi connectivity index (χ3n) is 1.66. The molecule has 4 heteroatoms. The highest BCUT2D eigenvalue weighted by Crippen LogP contribution is 2.12. The lowest BCUT2D eigenvalue weighted by Crippen LogP contribution is -2.06. The van der Waals surface area contributed by atoms with Crippen LogP contribution in [0.25, 0.3) is 0 Å². The van der Waals surface area contributed by atoms with Crippen molar-refractivity contribution in [2.45, 2.75) is 13.8 Å². The van der Waals surface area contributed by atoms with Crippen molar-refractivity contribution in [2.75, 3.05) is 0 Å². The molecule has 4 nitrogen and oxygen atoms in total. The van der Waals surface area contributed by atoms with E-state index < -0.39 is 5.97 Å². The van der Waals surface area contributed by atoms with Gasteiger partial charge in [-0.3, -0.25) is 0 Å². The van der Waals surface area contributed by atoms with Crippen LogP contribution in [-0.2, 0) is 0 Å². The summed E-state index contributed by atoms with van der Waals surface area (Å²) >= 11 is 0. The summed E-state index contributed by atoms with van der Waals surface area (Å²) in [6, 6.07) is 3.51. The normalized spacial score (nSPS) is 9.31. The summed E-state index contributed by atoms with van der Waals surface area (Å²) in [4.78, 5) is 14.5. The quantitative estimate of drug-likeness (QED) is 0.699. The molecule has 0 aliphatic heterocycles. The largest absolute Gasteiger partial charge is 0.476 e. The van der Waals surface area contributed by atoms with Gasteiger partial charge in [-0.15, -0.1) is 0 Å². The molecule has 1 aromatic heterocycles. The minimum atomic E-state index is -1.16. The predicted octanol–water partition coefficient (Wildman–Crippen LogP) is 1.27. The van der Waals surface area contributed by atoms with Crippen LogP contribution in [0.1, 0.15) is 27.3 Å². The Labute approximate surface area is 75.5 Å². The summed E-state index contributed by atoms with van der Waals surface area (Å²) in [6.07, 6.45) is 0. The zero-order valence-electron chi connectivity index (χ0n) is 7.33. The number of carboxylic acid groups (broad SMARTS) is 1. The highest BCUT2D eigenvalue weighted by molar-refractivity contribution is 5.88. The fourth-order valence-electron chi connectivity index (χ4n) is 1.13. The fourth-order valence-corrected chi connectivity index (χ4v) is 1.13. The minimum absolute atomic E-state index is 0.137. The van der Waals surface area contributed by atoms with E-state index >= 15 is 0 Å². The molecule has 0 radical (unpaired) electrons. The number of hydrogen-bond donors (Lipinski definition) is 1. The van der Waals surface area contributed by atoms with Crippen LogP contribution in [0.4, 0.5) is 0 Å². The lowest BCUT2D eigenvalue weighted by atomic mass is 10.1. The lowest BCUT2D eigenvalue weighted by Gasteiger charge is -2.02. The van der Waals surface area contributed by atoms with Gasteiger partial charge in [-0.05, 0) is 25.5 Å². The molecule has 66 valence electrons. The summed E-state index contributed by atoms with van der Waals surface area (Å²) in [7, 11) is 0. The van der Waals surface area contributed by atoms with E-state index in [0.29, 0.717) is 11.3 Å². The number of nitriles is 1. The molecule has 1 rings (SSSR count). The monoisotopic (exact) mass is 176 g/mol. The van der Waals surface area contributed by atoms with E-state index in [-0.39, 0.29) is 11.3 Å². The third kappa shape index (κ3) is 1.64. The molecule has 0 bridgehead atoms.